The third-order valence-corrected chi connectivity index (χ3v) is 4.01. The summed E-state index contributed by atoms with van der Waals surface area (Å²) in [5.41, 5.74) is 0. The standard InChI is InChI=1S/C11H16F3N3S/c1-2-7-4-3-5-8(6-7)15-10-16-9(17-18-10)11(12,13)14/h7-8H,2-6H2,1H3,(H,15,16,17). The Balaban J connectivity index is 1.95. The van der Waals surface area contributed by atoms with Crippen LogP contribution in [-0.2, 0) is 6.18 Å². The molecule has 0 aliphatic heterocycles. The van der Waals surface area contributed by atoms with Crippen LogP contribution in [0, 0.1) is 5.92 Å². The molecule has 2 unspecified atom stereocenters. The van der Waals surface area contributed by atoms with Gasteiger partial charge in [-0.15, -0.1) is 0 Å². The summed E-state index contributed by atoms with van der Waals surface area (Å²) in [5.74, 6) is -0.371. The van der Waals surface area contributed by atoms with E-state index in [-0.39, 0.29) is 11.2 Å². The quantitative estimate of drug-likeness (QED) is 0.910. The van der Waals surface area contributed by atoms with Crippen LogP contribution in [0.15, 0.2) is 0 Å². The second-order valence-corrected chi connectivity index (χ2v) is 5.45. The molecule has 0 aromatic carbocycles. The van der Waals surface area contributed by atoms with Gasteiger partial charge >= 0.3 is 6.18 Å². The van der Waals surface area contributed by atoms with Crippen LogP contribution in [0.25, 0.3) is 0 Å². The molecule has 0 spiro atoms. The van der Waals surface area contributed by atoms with E-state index in [2.05, 4.69) is 21.6 Å². The smallest absolute Gasteiger partial charge is 0.358 e. The van der Waals surface area contributed by atoms with Gasteiger partial charge in [0.25, 0.3) is 0 Å². The molecule has 1 N–H and O–H groups in total. The van der Waals surface area contributed by atoms with E-state index in [1.54, 1.807) is 0 Å². The summed E-state index contributed by atoms with van der Waals surface area (Å²) in [5, 5.41) is 3.36. The van der Waals surface area contributed by atoms with Crippen molar-refractivity contribution in [2.75, 3.05) is 5.32 Å². The fourth-order valence-corrected chi connectivity index (χ4v) is 3.03. The molecule has 7 heteroatoms. The van der Waals surface area contributed by atoms with Crippen molar-refractivity contribution in [3.8, 4) is 0 Å². The predicted octanol–water partition coefficient (Wildman–Crippen LogP) is 3.94. The third kappa shape index (κ3) is 3.34. The molecule has 1 aromatic heterocycles. The van der Waals surface area contributed by atoms with Crippen LogP contribution < -0.4 is 5.32 Å². The minimum absolute atomic E-state index is 0.234. The molecule has 1 aliphatic rings. The predicted molar refractivity (Wildman–Crippen MR) is 64.6 cm³/mol. The van der Waals surface area contributed by atoms with Gasteiger partial charge in [0.05, 0.1) is 0 Å². The van der Waals surface area contributed by atoms with Crippen LogP contribution in [0.5, 0.6) is 0 Å². The zero-order chi connectivity index (χ0) is 13.2. The van der Waals surface area contributed by atoms with Gasteiger partial charge in [-0.2, -0.15) is 22.5 Å². The SMILES string of the molecule is CCC1CCCC(Nc2nc(C(F)(F)F)ns2)C1. The molecule has 1 heterocycles. The second kappa shape index (κ2) is 5.42. The van der Waals surface area contributed by atoms with E-state index in [0.717, 1.165) is 37.2 Å². The Kier molecular flexibility index (Phi) is 4.09. The van der Waals surface area contributed by atoms with Gasteiger partial charge in [0.1, 0.15) is 0 Å². The minimum atomic E-state index is -4.45. The monoisotopic (exact) mass is 279 g/mol. The summed E-state index contributed by atoms with van der Waals surface area (Å²) >= 11 is 0.787. The molecule has 0 radical (unpaired) electrons. The van der Waals surface area contributed by atoms with Gasteiger partial charge in [-0.05, 0) is 18.8 Å². The van der Waals surface area contributed by atoms with E-state index in [1.165, 1.54) is 6.42 Å². The Morgan fingerprint density at radius 3 is 2.78 bits per heavy atom. The number of hydrogen-bond donors (Lipinski definition) is 1. The van der Waals surface area contributed by atoms with Crippen LogP contribution in [0.1, 0.15) is 44.9 Å². The lowest BCUT2D eigenvalue weighted by molar-refractivity contribution is -0.144. The molecule has 3 nitrogen and oxygen atoms in total. The van der Waals surface area contributed by atoms with E-state index in [4.69, 9.17) is 0 Å². The summed E-state index contributed by atoms with van der Waals surface area (Å²) in [6.45, 7) is 2.15. The number of aromatic nitrogens is 2. The lowest BCUT2D eigenvalue weighted by Crippen LogP contribution is -2.27. The molecule has 18 heavy (non-hydrogen) atoms. The van der Waals surface area contributed by atoms with Gasteiger partial charge in [-0.1, -0.05) is 26.2 Å². The first kappa shape index (κ1) is 13.6. The fourth-order valence-electron chi connectivity index (χ4n) is 2.36. The second-order valence-electron chi connectivity index (χ2n) is 4.70. The van der Waals surface area contributed by atoms with Crippen LogP contribution in [0.4, 0.5) is 18.3 Å². The number of nitrogens with one attached hydrogen (secondary N) is 1. The fraction of sp³-hybridized carbons (Fsp3) is 0.818. The summed E-state index contributed by atoms with van der Waals surface area (Å²) in [6.07, 6.45) is 1.03. The highest BCUT2D eigenvalue weighted by Gasteiger charge is 2.36. The molecule has 0 amide bonds. The number of nitrogens with zero attached hydrogens (tertiary/aromatic N) is 2. The first-order valence-corrected chi connectivity index (χ1v) is 6.93. The summed E-state index contributed by atoms with van der Waals surface area (Å²) in [6, 6.07) is 0.234. The van der Waals surface area contributed by atoms with Crippen LogP contribution in [0.2, 0.25) is 0 Å². The van der Waals surface area contributed by atoms with Crippen molar-refractivity contribution < 1.29 is 13.2 Å². The summed E-state index contributed by atoms with van der Waals surface area (Å²) in [4.78, 5) is 3.50. The van der Waals surface area contributed by atoms with Gasteiger partial charge in [0.2, 0.25) is 11.0 Å². The molecule has 2 rings (SSSR count). The van der Waals surface area contributed by atoms with Gasteiger partial charge in [-0.3, -0.25) is 0 Å². The zero-order valence-corrected chi connectivity index (χ0v) is 10.9. The number of halogens is 3. The normalized spacial score (nSPS) is 25.1. The van der Waals surface area contributed by atoms with E-state index in [9.17, 15) is 13.2 Å². The minimum Gasteiger partial charge on any atom is -0.358 e. The highest BCUT2D eigenvalue weighted by Crippen LogP contribution is 2.31. The average molecular weight is 279 g/mol. The highest BCUT2D eigenvalue weighted by atomic mass is 32.1. The molecule has 0 saturated heterocycles. The molecule has 102 valence electrons. The van der Waals surface area contributed by atoms with Crippen molar-refractivity contribution in [1.29, 1.82) is 0 Å². The van der Waals surface area contributed by atoms with Crippen molar-refractivity contribution in [3.05, 3.63) is 5.82 Å². The van der Waals surface area contributed by atoms with Gasteiger partial charge in [-0.25, -0.2) is 0 Å². The van der Waals surface area contributed by atoms with Crippen LogP contribution in [-0.4, -0.2) is 15.4 Å². The largest absolute Gasteiger partial charge is 0.452 e. The van der Waals surface area contributed by atoms with Crippen LogP contribution >= 0.6 is 11.5 Å². The maximum Gasteiger partial charge on any atom is 0.452 e. The molecule has 1 aliphatic carbocycles. The van der Waals surface area contributed by atoms with Crippen molar-refractivity contribution in [3.63, 3.8) is 0 Å². The van der Waals surface area contributed by atoms with Crippen LogP contribution in [0.3, 0.4) is 0 Å². The Bertz CT molecular complexity index is 391. The number of alkyl halides is 3. The maximum absolute atomic E-state index is 12.4. The summed E-state index contributed by atoms with van der Waals surface area (Å²) < 4.78 is 40.4. The maximum atomic E-state index is 12.4. The first-order valence-electron chi connectivity index (χ1n) is 6.16. The van der Waals surface area contributed by atoms with E-state index < -0.39 is 12.0 Å². The molecule has 1 fully saturated rings. The number of rotatable bonds is 3. The Morgan fingerprint density at radius 2 is 2.17 bits per heavy atom. The van der Waals surface area contributed by atoms with E-state index in [0.29, 0.717) is 5.92 Å². The average Bonchev–Trinajstić information content (AvgIpc) is 2.77. The van der Waals surface area contributed by atoms with Crippen molar-refractivity contribution in [1.82, 2.24) is 9.36 Å². The van der Waals surface area contributed by atoms with Crippen molar-refractivity contribution in [2.24, 2.45) is 5.92 Å². The topological polar surface area (TPSA) is 37.8 Å². The Hall–Kier alpha value is -0.850. The lowest BCUT2D eigenvalue weighted by Gasteiger charge is -2.28. The molecule has 1 saturated carbocycles. The highest BCUT2D eigenvalue weighted by molar-refractivity contribution is 7.09. The van der Waals surface area contributed by atoms with Crippen molar-refractivity contribution in [2.45, 2.75) is 51.2 Å². The number of anilines is 1. The first-order chi connectivity index (χ1) is 8.49. The Labute approximate surface area is 108 Å². The molecular weight excluding hydrogens is 263 g/mol. The molecule has 1 aromatic rings. The number of hydrogen-bond acceptors (Lipinski definition) is 4. The molecular formula is C11H16F3N3S. The summed E-state index contributed by atoms with van der Waals surface area (Å²) in [7, 11) is 0. The zero-order valence-electron chi connectivity index (χ0n) is 10.1. The third-order valence-electron chi connectivity index (χ3n) is 3.37. The lowest BCUT2D eigenvalue weighted by atomic mass is 9.84. The Morgan fingerprint density at radius 1 is 1.39 bits per heavy atom. The van der Waals surface area contributed by atoms with E-state index in [1.807, 2.05) is 0 Å². The van der Waals surface area contributed by atoms with Gasteiger partial charge < -0.3 is 5.32 Å². The van der Waals surface area contributed by atoms with Gasteiger partial charge in [0.15, 0.2) is 0 Å². The molecule has 0 bridgehead atoms. The van der Waals surface area contributed by atoms with Gasteiger partial charge in [0, 0.05) is 17.6 Å². The molecule has 2 atom stereocenters. The van der Waals surface area contributed by atoms with Crippen molar-refractivity contribution >= 4 is 16.7 Å². The van der Waals surface area contributed by atoms with E-state index >= 15 is 0 Å².